The molecule has 5 heteroatoms. The fourth-order valence-electron chi connectivity index (χ4n) is 1.63. The summed E-state index contributed by atoms with van der Waals surface area (Å²) in [5.74, 6) is 0.979. The number of ether oxygens (including phenoxy) is 2. The second-order valence-electron chi connectivity index (χ2n) is 3.80. The van der Waals surface area contributed by atoms with E-state index >= 15 is 0 Å². The fraction of sp³-hybridized carbons (Fsp3) is 0.143. The van der Waals surface area contributed by atoms with E-state index in [1.807, 2.05) is 6.07 Å². The Kier molecular flexibility index (Phi) is 4.52. The molecule has 0 amide bonds. The van der Waals surface area contributed by atoms with Crippen LogP contribution < -0.4 is 9.47 Å². The Hall–Kier alpha value is -1.88. The van der Waals surface area contributed by atoms with E-state index in [9.17, 15) is 4.79 Å². The van der Waals surface area contributed by atoms with Crippen LogP contribution in [0.4, 0.5) is 0 Å². The summed E-state index contributed by atoms with van der Waals surface area (Å²) in [4.78, 5) is 15.1. The van der Waals surface area contributed by atoms with E-state index in [0.29, 0.717) is 23.7 Å². The Morgan fingerprint density at radius 1 is 1.37 bits per heavy atom. The zero-order chi connectivity index (χ0) is 13.7. The van der Waals surface area contributed by atoms with Gasteiger partial charge in [0.1, 0.15) is 6.61 Å². The summed E-state index contributed by atoms with van der Waals surface area (Å²) >= 11 is 3.35. The van der Waals surface area contributed by atoms with Crippen molar-refractivity contribution in [3.05, 3.63) is 52.3 Å². The molecule has 1 aromatic carbocycles. The minimum atomic E-state index is 0.313. The van der Waals surface area contributed by atoms with Crippen LogP contribution in [0, 0.1) is 0 Å². The van der Waals surface area contributed by atoms with E-state index in [1.165, 1.54) is 7.11 Å². The van der Waals surface area contributed by atoms with Crippen LogP contribution in [0.2, 0.25) is 0 Å². The molecule has 2 aromatic rings. The molecule has 1 heterocycles. The molecule has 0 fully saturated rings. The zero-order valence-electron chi connectivity index (χ0n) is 10.3. The SMILES string of the molecule is COc1cccc(C=O)c1OCc1cncc(Br)c1. The van der Waals surface area contributed by atoms with Gasteiger partial charge in [-0.25, -0.2) is 0 Å². The van der Waals surface area contributed by atoms with Crippen molar-refractivity contribution in [3.8, 4) is 11.5 Å². The lowest BCUT2D eigenvalue weighted by Gasteiger charge is -2.12. The molecule has 1 aromatic heterocycles. The van der Waals surface area contributed by atoms with Gasteiger partial charge in [0.25, 0.3) is 0 Å². The highest BCUT2D eigenvalue weighted by atomic mass is 79.9. The van der Waals surface area contributed by atoms with Gasteiger partial charge in [-0.15, -0.1) is 0 Å². The summed E-state index contributed by atoms with van der Waals surface area (Å²) in [5.41, 5.74) is 1.36. The zero-order valence-corrected chi connectivity index (χ0v) is 11.9. The van der Waals surface area contributed by atoms with Gasteiger partial charge in [-0.05, 0) is 34.1 Å². The largest absolute Gasteiger partial charge is 0.493 e. The van der Waals surface area contributed by atoms with Crippen LogP contribution in [0.25, 0.3) is 0 Å². The number of methoxy groups -OCH3 is 1. The summed E-state index contributed by atoms with van der Waals surface area (Å²) in [6, 6.07) is 7.09. The molecule has 0 bridgehead atoms. The van der Waals surface area contributed by atoms with Gasteiger partial charge in [-0.3, -0.25) is 9.78 Å². The first-order valence-corrected chi connectivity index (χ1v) is 6.38. The minimum Gasteiger partial charge on any atom is -0.493 e. The number of hydrogen-bond acceptors (Lipinski definition) is 4. The first-order valence-electron chi connectivity index (χ1n) is 5.59. The maximum absolute atomic E-state index is 11.0. The average molecular weight is 322 g/mol. The molecule has 0 aliphatic carbocycles. The van der Waals surface area contributed by atoms with E-state index < -0.39 is 0 Å². The molecule has 2 rings (SSSR count). The Morgan fingerprint density at radius 3 is 2.89 bits per heavy atom. The normalized spacial score (nSPS) is 10.0. The first-order chi connectivity index (χ1) is 9.24. The number of para-hydroxylation sites is 1. The highest BCUT2D eigenvalue weighted by Gasteiger charge is 2.10. The summed E-state index contributed by atoms with van der Waals surface area (Å²) in [6.07, 6.45) is 4.15. The summed E-state index contributed by atoms with van der Waals surface area (Å²) in [5, 5.41) is 0. The second kappa shape index (κ2) is 6.33. The lowest BCUT2D eigenvalue weighted by molar-refractivity contribution is 0.111. The molecule has 0 N–H and O–H groups in total. The van der Waals surface area contributed by atoms with Gasteiger partial charge in [-0.2, -0.15) is 0 Å². The number of rotatable bonds is 5. The van der Waals surface area contributed by atoms with Crippen molar-refractivity contribution < 1.29 is 14.3 Å². The van der Waals surface area contributed by atoms with E-state index in [1.54, 1.807) is 30.6 Å². The molecule has 0 aliphatic heterocycles. The number of aromatic nitrogens is 1. The molecular formula is C14H12BrNO3. The van der Waals surface area contributed by atoms with Gasteiger partial charge < -0.3 is 9.47 Å². The lowest BCUT2D eigenvalue weighted by atomic mass is 10.2. The van der Waals surface area contributed by atoms with Crippen molar-refractivity contribution in [3.63, 3.8) is 0 Å². The van der Waals surface area contributed by atoms with Crippen LogP contribution in [0.1, 0.15) is 15.9 Å². The van der Waals surface area contributed by atoms with Crippen LogP contribution in [0.15, 0.2) is 41.1 Å². The van der Waals surface area contributed by atoms with Crippen LogP contribution in [0.3, 0.4) is 0 Å². The third-order valence-corrected chi connectivity index (χ3v) is 2.93. The van der Waals surface area contributed by atoms with E-state index in [-0.39, 0.29) is 0 Å². The van der Waals surface area contributed by atoms with Gasteiger partial charge in [0, 0.05) is 22.4 Å². The number of aldehydes is 1. The van der Waals surface area contributed by atoms with Crippen molar-refractivity contribution >= 4 is 22.2 Å². The van der Waals surface area contributed by atoms with Gasteiger partial charge in [0.15, 0.2) is 17.8 Å². The number of nitrogens with zero attached hydrogens (tertiary/aromatic N) is 1. The number of carbonyl (C=O) groups excluding carboxylic acids is 1. The van der Waals surface area contributed by atoms with E-state index in [0.717, 1.165) is 16.3 Å². The maximum atomic E-state index is 11.0. The van der Waals surface area contributed by atoms with Crippen molar-refractivity contribution in [2.24, 2.45) is 0 Å². The number of carbonyl (C=O) groups is 1. The molecule has 4 nitrogen and oxygen atoms in total. The fourth-order valence-corrected chi connectivity index (χ4v) is 2.04. The standard InChI is InChI=1S/C14H12BrNO3/c1-18-13-4-2-3-11(8-17)14(13)19-9-10-5-12(15)7-16-6-10/h2-8H,9H2,1H3. The molecule has 0 spiro atoms. The Labute approximate surface area is 119 Å². The summed E-state index contributed by atoms with van der Waals surface area (Å²) < 4.78 is 11.7. The third kappa shape index (κ3) is 3.32. The highest BCUT2D eigenvalue weighted by molar-refractivity contribution is 9.10. The topological polar surface area (TPSA) is 48.4 Å². The molecule has 0 saturated heterocycles. The second-order valence-corrected chi connectivity index (χ2v) is 4.71. The maximum Gasteiger partial charge on any atom is 0.172 e. The number of benzene rings is 1. The molecule has 0 aliphatic rings. The predicted molar refractivity (Wildman–Crippen MR) is 74.7 cm³/mol. The van der Waals surface area contributed by atoms with Crippen LogP contribution in [0.5, 0.6) is 11.5 Å². The average Bonchev–Trinajstić information content (AvgIpc) is 2.44. The van der Waals surface area contributed by atoms with Crippen molar-refractivity contribution in [2.75, 3.05) is 7.11 Å². The molecule has 0 unspecified atom stereocenters. The van der Waals surface area contributed by atoms with Crippen LogP contribution >= 0.6 is 15.9 Å². The molecule has 19 heavy (non-hydrogen) atoms. The smallest absolute Gasteiger partial charge is 0.172 e. The molecule has 0 atom stereocenters. The van der Waals surface area contributed by atoms with Gasteiger partial charge in [0.2, 0.25) is 0 Å². The Morgan fingerprint density at radius 2 is 2.21 bits per heavy atom. The quantitative estimate of drug-likeness (QED) is 0.793. The molecule has 0 saturated carbocycles. The van der Waals surface area contributed by atoms with Crippen molar-refractivity contribution in [1.29, 1.82) is 0 Å². The number of halogens is 1. The monoisotopic (exact) mass is 321 g/mol. The lowest BCUT2D eigenvalue weighted by Crippen LogP contribution is -2.01. The van der Waals surface area contributed by atoms with Gasteiger partial charge in [0.05, 0.1) is 12.7 Å². The summed E-state index contributed by atoms with van der Waals surface area (Å²) in [6.45, 7) is 0.313. The Bertz CT molecular complexity index is 587. The number of hydrogen-bond donors (Lipinski definition) is 0. The number of pyridine rings is 1. The predicted octanol–water partition coefficient (Wildman–Crippen LogP) is 3.24. The molecule has 0 radical (unpaired) electrons. The van der Waals surface area contributed by atoms with E-state index in [2.05, 4.69) is 20.9 Å². The first kappa shape index (κ1) is 13.5. The Balaban J connectivity index is 2.21. The third-order valence-electron chi connectivity index (χ3n) is 2.50. The molecular weight excluding hydrogens is 310 g/mol. The van der Waals surface area contributed by atoms with Gasteiger partial charge in [-0.1, -0.05) is 6.07 Å². The van der Waals surface area contributed by atoms with E-state index in [4.69, 9.17) is 9.47 Å². The minimum absolute atomic E-state index is 0.313. The van der Waals surface area contributed by atoms with Crippen molar-refractivity contribution in [1.82, 2.24) is 4.98 Å². The highest BCUT2D eigenvalue weighted by Crippen LogP contribution is 2.30. The summed E-state index contributed by atoms with van der Waals surface area (Å²) in [7, 11) is 1.54. The van der Waals surface area contributed by atoms with Crippen molar-refractivity contribution in [2.45, 2.75) is 6.61 Å². The van der Waals surface area contributed by atoms with Crippen LogP contribution in [-0.4, -0.2) is 18.4 Å². The van der Waals surface area contributed by atoms with Gasteiger partial charge >= 0.3 is 0 Å². The molecule has 98 valence electrons. The van der Waals surface area contributed by atoms with Crippen LogP contribution in [-0.2, 0) is 6.61 Å².